The Kier molecular flexibility index (Phi) is 4.76. The number of hydrogen-bond donors (Lipinski definition) is 1. The van der Waals surface area contributed by atoms with Gasteiger partial charge in [-0.3, -0.25) is 0 Å². The fourth-order valence-corrected chi connectivity index (χ4v) is 2.07. The van der Waals surface area contributed by atoms with Crippen molar-refractivity contribution in [3.05, 3.63) is 29.3 Å². The number of aromatic carboxylic acids is 1. The molecule has 2 rings (SSSR count). The number of ether oxygens (including phenoxy) is 3. The summed E-state index contributed by atoms with van der Waals surface area (Å²) in [7, 11) is 1.56. The number of carboxylic acid groups (broad SMARTS) is 1. The average Bonchev–Trinajstić information content (AvgIpc) is 2.91. The molecule has 0 spiro atoms. The van der Waals surface area contributed by atoms with E-state index in [4.69, 9.17) is 19.3 Å². The molecule has 0 amide bonds. The van der Waals surface area contributed by atoms with Crippen LogP contribution in [0.5, 0.6) is 5.75 Å². The summed E-state index contributed by atoms with van der Waals surface area (Å²) in [6.07, 6.45) is 1.02. The van der Waals surface area contributed by atoms with Crippen LogP contribution in [0.3, 0.4) is 0 Å². The topological polar surface area (TPSA) is 65.0 Å². The summed E-state index contributed by atoms with van der Waals surface area (Å²) < 4.78 is 16.1. The predicted octanol–water partition coefficient (Wildman–Crippen LogP) is 1.95. The van der Waals surface area contributed by atoms with E-state index in [1.807, 2.05) is 0 Å². The molecule has 1 aromatic carbocycles. The number of carboxylic acids is 1. The fraction of sp³-hybridized carbons (Fsp3) is 0.500. The van der Waals surface area contributed by atoms with Crippen molar-refractivity contribution in [3.63, 3.8) is 0 Å². The molecular formula is C14H18O5. The van der Waals surface area contributed by atoms with Crippen molar-refractivity contribution in [3.8, 4) is 5.75 Å². The minimum absolute atomic E-state index is 0.239. The van der Waals surface area contributed by atoms with Crippen molar-refractivity contribution in [1.82, 2.24) is 0 Å². The zero-order chi connectivity index (χ0) is 13.7. The number of benzene rings is 1. The molecule has 5 nitrogen and oxygen atoms in total. The highest BCUT2D eigenvalue weighted by atomic mass is 16.5. The van der Waals surface area contributed by atoms with Crippen molar-refractivity contribution < 1.29 is 24.1 Å². The maximum atomic E-state index is 10.9. The van der Waals surface area contributed by atoms with E-state index in [0.29, 0.717) is 24.9 Å². The Labute approximate surface area is 112 Å². The third kappa shape index (κ3) is 3.68. The van der Waals surface area contributed by atoms with E-state index in [0.717, 1.165) is 25.2 Å². The van der Waals surface area contributed by atoms with E-state index in [1.54, 1.807) is 19.2 Å². The second-order valence-corrected chi connectivity index (χ2v) is 4.58. The van der Waals surface area contributed by atoms with Crippen LogP contribution in [0.15, 0.2) is 18.2 Å². The zero-order valence-electron chi connectivity index (χ0n) is 10.9. The summed E-state index contributed by atoms with van der Waals surface area (Å²) >= 11 is 0. The number of carbonyl (C=O) groups is 1. The summed E-state index contributed by atoms with van der Waals surface area (Å²) in [5.41, 5.74) is 0.991. The van der Waals surface area contributed by atoms with Crippen molar-refractivity contribution in [2.45, 2.75) is 13.0 Å². The first kappa shape index (κ1) is 13.8. The first-order chi connectivity index (χ1) is 9.20. The molecule has 1 unspecified atom stereocenters. The zero-order valence-corrected chi connectivity index (χ0v) is 10.9. The van der Waals surface area contributed by atoms with Crippen LogP contribution in [0.25, 0.3) is 0 Å². The molecule has 104 valence electrons. The third-order valence-electron chi connectivity index (χ3n) is 3.16. The van der Waals surface area contributed by atoms with Gasteiger partial charge in [-0.05, 0) is 24.6 Å². The van der Waals surface area contributed by atoms with Crippen LogP contribution >= 0.6 is 0 Å². The SMILES string of the molecule is COc1ccc(C(=O)O)cc1COCC1CCOC1. The number of methoxy groups -OCH3 is 1. The van der Waals surface area contributed by atoms with E-state index in [2.05, 4.69) is 0 Å². The normalized spacial score (nSPS) is 18.5. The second-order valence-electron chi connectivity index (χ2n) is 4.58. The van der Waals surface area contributed by atoms with Gasteiger partial charge in [0.1, 0.15) is 5.75 Å². The van der Waals surface area contributed by atoms with E-state index in [-0.39, 0.29) is 5.56 Å². The minimum Gasteiger partial charge on any atom is -0.496 e. The molecule has 1 aliphatic heterocycles. The standard InChI is InChI=1S/C14H18O5/c1-17-13-3-2-11(14(15)16)6-12(13)9-19-8-10-4-5-18-7-10/h2-3,6,10H,4-5,7-9H2,1H3,(H,15,16). The van der Waals surface area contributed by atoms with Crippen LogP contribution in [0, 0.1) is 5.92 Å². The second kappa shape index (κ2) is 6.54. The lowest BCUT2D eigenvalue weighted by Gasteiger charge is -2.12. The molecule has 1 N–H and O–H groups in total. The van der Waals surface area contributed by atoms with Gasteiger partial charge in [0.05, 0.1) is 32.5 Å². The molecule has 0 bridgehead atoms. The molecular weight excluding hydrogens is 248 g/mol. The fourth-order valence-electron chi connectivity index (χ4n) is 2.07. The summed E-state index contributed by atoms with van der Waals surface area (Å²) in [6, 6.07) is 4.77. The van der Waals surface area contributed by atoms with Gasteiger partial charge in [-0.2, -0.15) is 0 Å². The maximum Gasteiger partial charge on any atom is 0.335 e. The highest BCUT2D eigenvalue weighted by molar-refractivity contribution is 5.88. The smallest absolute Gasteiger partial charge is 0.335 e. The Morgan fingerprint density at radius 1 is 1.53 bits per heavy atom. The number of rotatable bonds is 6. The largest absolute Gasteiger partial charge is 0.496 e. The van der Waals surface area contributed by atoms with Crippen molar-refractivity contribution in [2.75, 3.05) is 26.9 Å². The van der Waals surface area contributed by atoms with Crippen LogP contribution in [-0.2, 0) is 16.1 Å². The van der Waals surface area contributed by atoms with Gasteiger partial charge in [-0.25, -0.2) is 4.79 Å². The Balaban J connectivity index is 1.96. The molecule has 1 aromatic rings. The summed E-state index contributed by atoms with van der Waals surface area (Å²) in [5.74, 6) is 0.134. The van der Waals surface area contributed by atoms with Crippen LogP contribution < -0.4 is 4.74 Å². The molecule has 1 fully saturated rings. The van der Waals surface area contributed by atoms with Crippen LogP contribution in [0.4, 0.5) is 0 Å². The lowest BCUT2D eigenvalue weighted by Crippen LogP contribution is -2.10. The molecule has 1 aliphatic rings. The molecule has 1 heterocycles. The van der Waals surface area contributed by atoms with Gasteiger partial charge in [0.25, 0.3) is 0 Å². The Morgan fingerprint density at radius 2 is 2.37 bits per heavy atom. The predicted molar refractivity (Wildman–Crippen MR) is 68.5 cm³/mol. The van der Waals surface area contributed by atoms with Crippen molar-refractivity contribution in [1.29, 1.82) is 0 Å². The van der Waals surface area contributed by atoms with Gasteiger partial charge < -0.3 is 19.3 Å². The van der Waals surface area contributed by atoms with Crippen LogP contribution in [-0.4, -0.2) is 38.0 Å². The van der Waals surface area contributed by atoms with Gasteiger partial charge in [0.15, 0.2) is 0 Å². The quantitative estimate of drug-likeness (QED) is 0.852. The molecule has 5 heteroatoms. The van der Waals surface area contributed by atoms with E-state index >= 15 is 0 Å². The van der Waals surface area contributed by atoms with E-state index < -0.39 is 5.97 Å². The monoisotopic (exact) mass is 266 g/mol. The summed E-state index contributed by atoms with van der Waals surface area (Å²) in [5, 5.41) is 8.97. The molecule has 0 radical (unpaired) electrons. The van der Waals surface area contributed by atoms with Crippen molar-refractivity contribution >= 4 is 5.97 Å². The summed E-state index contributed by atoms with van der Waals surface area (Å²) in [4.78, 5) is 10.9. The molecule has 0 aromatic heterocycles. The van der Waals surface area contributed by atoms with E-state index in [9.17, 15) is 4.79 Å². The van der Waals surface area contributed by atoms with Gasteiger partial charge in [0, 0.05) is 18.1 Å². The van der Waals surface area contributed by atoms with Crippen molar-refractivity contribution in [2.24, 2.45) is 5.92 Å². The first-order valence-electron chi connectivity index (χ1n) is 6.26. The highest BCUT2D eigenvalue weighted by Gasteiger charge is 2.16. The third-order valence-corrected chi connectivity index (χ3v) is 3.16. The Hall–Kier alpha value is -1.59. The van der Waals surface area contributed by atoms with Crippen LogP contribution in [0.1, 0.15) is 22.3 Å². The van der Waals surface area contributed by atoms with Gasteiger partial charge in [-0.15, -0.1) is 0 Å². The lowest BCUT2D eigenvalue weighted by atomic mass is 10.1. The Morgan fingerprint density at radius 3 is 3.00 bits per heavy atom. The van der Waals surface area contributed by atoms with Gasteiger partial charge in [0.2, 0.25) is 0 Å². The maximum absolute atomic E-state index is 10.9. The summed E-state index contributed by atoms with van der Waals surface area (Å²) in [6.45, 7) is 2.51. The Bertz CT molecular complexity index is 437. The first-order valence-corrected chi connectivity index (χ1v) is 6.26. The molecule has 1 atom stereocenters. The minimum atomic E-state index is -0.951. The van der Waals surface area contributed by atoms with Crippen LogP contribution in [0.2, 0.25) is 0 Å². The molecule has 19 heavy (non-hydrogen) atoms. The highest BCUT2D eigenvalue weighted by Crippen LogP contribution is 2.22. The van der Waals surface area contributed by atoms with E-state index in [1.165, 1.54) is 6.07 Å². The molecule has 0 aliphatic carbocycles. The lowest BCUT2D eigenvalue weighted by molar-refractivity contribution is 0.0694. The average molecular weight is 266 g/mol. The molecule has 1 saturated heterocycles. The number of hydrogen-bond acceptors (Lipinski definition) is 4. The molecule has 0 saturated carbocycles. The van der Waals surface area contributed by atoms with Gasteiger partial charge in [-0.1, -0.05) is 0 Å². The van der Waals surface area contributed by atoms with Gasteiger partial charge >= 0.3 is 5.97 Å².